The molecule has 1 amide bonds. The van der Waals surface area contributed by atoms with E-state index in [-0.39, 0.29) is 5.91 Å². The lowest BCUT2D eigenvalue weighted by Gasteiger charge is -2.08. The normalized spacial score (nSPS) is 10.9. The van der Waals surface area contributed by atoms with Gasteiger partial charge in [-0.05, 0) is 52.2 Å². The van der Waals surface area contributed by atoms with Gasteiger partial charge in [0, 0.05) is 16.8 Å². The molecule has 0 fully saturated rings. The van der Waals surface area contributed by atoms with Gasteiger partial charge in [0.25, 0.3) is 5.91 Å². The third-order valence-corrected chi connectivity index (χ3v) is 5.73. The maximum Gasteiger partial charge on any atom is 0.255 e. The minimum absolute atomic E-state index is 0.200. The number of carbonyl (C=O) groups is 1. The van der Waals surface area contributed by atoms with Crippen LogP contribution in [0.4, 0.5) is 5.69 Å². The molecule has 0 aliphatic carbocycles. The van der Waals surface area contributed by atoms with E-state index in [1.165, 1.54) is 16.3 Å². The van der Waals surface area contributed by atoms with Crippen molar-refractivity contribution in [1.82, 2.24) is 9.78 Å². The van der Waals surface area contributed by atoms with E-state index in [2.05, 4.69) is 34.7 Å². The molecule has 5 rings (SSSR count). The van der Waals surface area contributed by atoms with Gasteiger partial charge < -0.3 is 10.1 Å². The van der Waals surface area contributed by atoms with Crippen LogP contribution in [0.2, 0.25) is 5.02 Å². The van der Waals surface area contributed by atoms with Crippen LogP contribution in [0.1, 0.15) is 21.5 Å². The van der Waals surface area contributed by atoms with E-state index in [9.17, 15) is 4.79 Å². The number of rotatable bonds is 7. The Bertz CT molecular complexity index is 1460. The third kappa shape index (κ3) is 5.11. The summed E-state index contributed by atoms with van der Waals surface area (Å²) in [4.78, 5) is 12.8. The summed E-state index contributed by atoms with van der Waals surface area (Å²) in [5.74, 6) is 0.482. The van der Waals surface area contributed by atoms with E-state index >= 15 is 0 Å². The highest BCUT2D eigenvalue weighted by Crippen LogP contribution is 2.21. The summed E-state index contributed by atoms with van der Waals surface area (Å²) < 4.78 is 7.61. The third-order valence-electron chi connectivity index (χ3n) is 5.49. The van der Waals surface area contributed by atoms with Gasteiger partial charge in [0.1, 0.15) is 12.4 Å². The van der Waals surface area contributed by atoms with Gasteiger partial charge >= 0.3 is 0 Å². The van der Waals surface area contributed by atoms with Crippen LogP contribution in [-0.4, -0.2) is 15.7 Å². The zero-order valence-electron chi connectivity index (χ0n) is 18.3. The second-order valence-electron chi connectivity index (χ2n) is 7.97. The fraction of sp³-hybridized carbons (Fsp3) is 0.0714. The van der Waals surface area contributed by atoms with Crippen LogP contribution in [-0.2, 0) is 13.2 Å². The van der Waals surface area contributed by atoms with Crippen molar-refractivity contribution in [3.63, 3.8) is 0 Å². The molecule has 0 bridgehead atoms. The Labute approximate surface area is 202 Å². The first-order valence-corrected chi connectivity index (χ1v) is 11.3. The predicted octanol–water partition coefficient (Wildman–Crippen LogP) is 6.57. The maximum atomic E-state index is 12.8. The first kappa shape index (κ1) is 21.7. The van der Waals surface area contributed by atoms with Crippen molar-refractivity contribution in [2.75, 3.05) is 5.32 Å². The van der Waals surface area contributed by atoms with Crippen LogP contribution in [0, 0.1) is 0 Å². The number of amides is 1. The quantitative estimate of drug-likeness (QED) is 0.294. The highest BCUT2D eigenvalue weighted by Gasteiger charge is 2.10. The number of hydrogen-bond donors (Lipinski definition) is 1. The molecule has 0 saturated carbocycles. The van der Waals surface area contributed by atoms with Crippen molar-refractivity contribution in [2.24, 2.45) is 0 Å². The minimum atomic E-state index is -0.200. The molecule has 34 heavy (non-hydrogen) atoms. The molecule has 1 N–H and O–H groups in total. The van der Waals surface area contributed by atoms with E-state index in [4.69, 9.17) is 16.3 Å². The molecule has 1 aromatic heterocycles. The van der Waals surface area contributed by atoms with Crippen LogP contribution in [0.3, 0.4) is 0 Å². The first-order valence-electron chi connectivity index (χ1n) is 10.9. The number of anilines is 1. The SMILES string of the molecule is O=C(Nc1cnn(Cc2cccc3ccccc23)c1)c1cccc(COc2cccc(Cl)c2)c1. The number of nitrogens with zero attached hydrogens (tertiary/aromatic N) is 2. The molecule has 0 spiro atoms. The van der Waals surface area contributed by atoms with Crippen molar-refractivity contribution in [3.8, 4) is 5.75 Å². The summed E-state index contributed by atoms with van der Waals surface area (Å²) in [6.45, 7) is 0.956. The summed E-state index contributed by atoms with van der Waals surface area (Å²) in [7, 11) is 0. The van der Waals surface area contributed by atoms with Gasteiger partial charge in [-0.15, -0.1) is 0 Å². The average Bonchev–Trinajstić information content (AvgIpc) is 3.30. The van der Waals surface area contributed by atoms with E-state index in [0.29, 0.717) is 35.2 Å². The van der Waals surface area contributed by atoms with Gasteiger partial charge in [-0.2, -0.15) is 5.10 Å². The lowest BCUT2D eigenvalue weighted by Crippen LogP contribution is -2.12. The molecule has 5 nitrogen and oxygen atoms in total. The smallest absolute Gasteiger partial charge is 0.255 e. The first-order chi connectivity index (χ1) is 16.6. The summed E-state index contributed by atoms with van der Waals surface area (Å²) in [5, 5.41) is 10.4. The van der Waals surface area contributed by atoms with E-state index in [1.54, 1.807) is 24.4 Å². The molecule has 0 radical (unpaired) electrons. The Hall–Kier alpha value is -4.09. The van der Waals surface area contributed by atoms with Crippen molar-refractivity contribution < 1.29 is 9.53 Å². The second-order valence-corrected chi connectivity index (χ2v) is 8.40. The Kier molecular flexibility index (Phi) is 6.27. The molecule has 5 aromatic rings. The molecule has 4 aromatic carbocycles. The topological polar surface area (TPSA) is 56.2 Å². The summed E-state index contributed by atoms with van der Waals surface area (Å²) in [6.07, 6.45) is 3.50. The van der Waals surface area contributed by atoms with Crippen molar-refractivity contribution >= 4 is 34.0 Å². The van der Waals surface area contributed by atoms with Gasteiger partial charge in [-0.1, -0.05) is 72.3 Å². The molecule has 0 aliphatic rings. The largest absolute Gasteiger partial charge is 0.489 e. The zero-order valence-corrected chi connectivity index (χ0v) is 19.1. The molecule has 1 heterocycles. The van der Waals surface area contributed by atoms with Crippen LogP contribution >= 0.6 is 11.6 Å². The number of hydrogen-bond acceptors (Lipinski definition) is 3. The number of aromatic nitrogens is 2. The lowest BCUT2D eigenvalue weighted by molar-refractivity contribution is 0.102. The summed E-state index contributed by atoms with van der Waals surface area (Å²) in [5.41, 5.74) is 3.26. The number of benzene rings is 4. The molecule has 0 saturated heterocycles. The Morgan fingerprint density at radius 3 is 2.68 bits per heavy atom. The Morgan fingerprint density at radius 1 is 0.941 bits per heavy atom. The number of fused-ring (bicyclic) bond motifs is 1. The zero-order chi connectivity index (χ0) is 23.3. The van der Waals surface area contributed by atoms with Gasteiger partial charge in [0.15, 0.2) is 0 Å². The number of carbonyl (C=O) groups excluding carboxylic acids is 1. The Morgan fingerprint density at radius 2 is 1.76 bits per heavy atom. The molecule has 0 atom stereocenters. The standard InChI is InChI=1S/C28H22ClN3O2/c29-24-11-5-12-26(15-24)34-19-20-6-3-9-22(14-20)28(33)31-25-16-30-32(18-25)17-23-10-4-8-21-7-1-2-13-27(21)23/h1-16,18H,17,19H2,(H,31,33). The second kappa shape index (κ2) is 9.81. The van der Waals surface area contributed by atoms with Crippen molar-refractivity contribution in [1.29, 1.82) is 0 Å². The van der Waals surface area contributed by atoms with Gasteiger partial charge in [0.05, 0.1) is 18.4 Å². The van der Waals surface area contributed by atoms with E-state index in [1.807, 2.05) is 59.4 Å². The van der Waals surface area contributed by atoms with Crippen molar-refractivity contribution in [2.45, 2.75) is 13.2 Å². The van der Waals surface area contributed by atoms with E-state index < -0.39 is 0 Å². The molecule has 0 aliphatic heterocycles. The molecular formula is C28H22ClN3O2. The van der Waals surface area contributed by atoms with Crippen LogP contribution in [0.25, 0.3) is 10.8 Å². The average molecular weight is 468 g/mol. The molecule has 0 unspecified atom stereocenters. The number of halogens is 1. The van der Waals surface area contributed by atoms with Gasteiger partial charge in [0.2, 0.25) is 0 Å². The molecular weight excluding hydrogens is 446 g/mol. The Balaban J connectivity index is 1.24. The van der Waals surface area contributed by atoms with Gasteiger partial charge in [-0.3, -0.25) is 9.48 Å². The highest BCUT2D eigenvalue weighted by molar-refractivity contribution is 6.30. The van der Waals surface area contributed by atoms with Crippen molar-refractivity contribution in [3.05, 3.63) is 125 Å². The number of ether oxygens (including phenoxy) is 1. The van der Waals surface area contributed by atoms with Crippen LogP contribution in [0.5, 0.6) is 5.75 Å². The summed E-state index contributed by atoms with van der Waals surface area (Å²) >= 11 is 6.00. The maximum absolute atomic E-state index is 12.8. The molecule has 168 valence electrons. The lowest BCUT2D eigenvalue weighted by atomic mass is 10.0. The highest BCUT2D eigenvalue weighted by atomic mass is 35.5. The fourth-order valence-corrected chi connectivity index (χ4v) is 4.03. The van der Waals surface area contributed by atoms with E-state index in [0.717, 1.165) is 5.56 Å². The summed E-state index contributed by atoms with van der Waals surface area (Å²) in [6, 6.07) is 29.1. The van der Waals surface area contributed by atoms with Crippen LogP contribution in [0.15, 0.2) is 103 Å². The van der Waals surface area contributed by atoms with Gasteiger partial charge in [-0.25, -0.2) is 0 Å². The van der Waals surface area contributed by atoms with Crippen LogP contribution < -0.4 is 10.1 Å². The number of nitrogens with one attached hydrogen (secondary N) is 1. The molecule has 6 heteroatoms. The monoisotopic (exact) mass is 467 g/mol. The minimum Gasteiger partial charge on any atom is -0.489 e. The fourth-order valence-electron chi connectivity index (χ4n) is 3.85. The predicted molar refractivity (Wildman–Crippen MR) is 135 cm³/mol.